The van der Waals surface area contributed by atoms with E-state index in [-0.39, 0.29) is 24.4 Å². The van der Waals surface area contributed by atoms with Gasteiger partial charge in [-0.3, -0.25) is 4.79 Å². The van der Waals surface area contributed by atoms with Gasteiger partial charge in [-0.2, -0.15) is 0 Å². The van der Waals surface area contributed by atoms with Crippen molar-refractivity contribution in [3.63, 3.8) is 0 Å². The molecule has 15 heavy (non-hydrogen) atoms. The Bertz CT molecular complexity index is 156. The van der Waals surface area contributed by atoms with Crippen LogP contribution in [0.4, 0.5) is 0 Å². The number of carbonyl (C=O) groups is 1. The molecule has 0 saturated carbocycles. The van der Waals surface area contributed by atoms with E-state index in [0.717, 1.165) is 19.5 Å². The number of ether oxygens (including phenoxy) is 1. The highest BCUT2D eigenvalue weighted by Gasteiger charge is 2.10. The van der Waals surface area contributed by atoms with E-state index in [2.05, 4.69) is 17.6 Å². The van der Waals surface area contributed by atoms with Gasteiger partial charge in [0.2, 0.25) is 5.91 Å². The predicted octanol–water partition coefficient (Wildman–Crippen LogP) is 0.949. The molecule has 0 aromatic carbocycles. The third kappa shape index (κ3) is 9.97. The molecule has 1 amide bonds. The minimum Gasteiger partial charge on any atom is -0.369 e. The summed E-state index contributed by atoms with van der Waals surface area (Å²) in [5.41, 5.74) is 0. The van der Waals surface area contributed by atoms with Crippen LogP contribution < -0.4 is 10.6 Å². The standard InChI is InChI=1S/C10H22N2O2.ClH/c1-4-6-11-7-8-12-10(13)9(3)14-5-2;/h9,11H,4-8H2,1-3H3,(H,12,13);1H. The van der Waals surface area contributed by atoms with Crippen LogP contribution in [-0.4, -0.2) is 38.3 Å². The molecule has 0 radical (unpaired) electrons. The average molecular weight is 239 g/mol. The largest absolute Gasteiger partial charge is 0.369 e. The predicted molar refractivity (Wildman–Crippen MR) is 64.5 cm³/mol. The highest BCUT2D eigenvalue weighted by Crippen LogP contribution is 1.88. The summed E-state index contributed by atoms with van der Waals surface area (Å²) in [6.07, 6.45) is 0.773. The van der Waals surface area contributed by atoms with Crippen molar-refractivity contribution in [1.82, 2.24) is 10.6 Å². The number of hydrogen-bond acceptors (Lipinski definition) is 3. The van der Waals surface area contributed by atoms with Crippen LogP contribution in [-0.2, 0) is 9.53 Å². The van der Waals surface area contributed by atoms with Crippen LogP contribution in [0.3, 0.4) is 0 Å². The number of rotatable bonds is 8. The molecule has 0 aliphatic heterocycles. The summed E-state index contributed by atoms with van der Waals surface area (Å²) < 4.78 is 5.15. The molecule has 0 aromatic heterocycles. The summed E-state index contributed by atoms with van der Waals surface area (Å²) in [4.78, 5) is 11.3. The van der Waals surface area contributed by atoms with Gasteiger partial charge < -0.3 is 15.4 Å². The van der Waals surface area contributed by atoms with Crippen LogP contribution in [0.1, 0.15) is 27.2 Å². The molecule has 0 spiro atoms. The van der Waals surface area contributed by atoms with Crippen molar-refractivity contribution >= 4 is 18.3 Å². The van der Waals surface area contributed by atoms with Gasteiger partial charge in [0, 0.05) is 19.7 Å². The van der Waals surface area contributed by atoms with Crippen LogP contribution in [0.25, 0.3) is 0 Å². The van der Waals surface area contributed by atoms with Crippen molar-refractivity contribution in [3.8, 4) is 0 Å². The molecule has 0 heterocycles. The molecule has 0 saturated heterocycles. The van der Waals surface area contributed by atoms with Crippen LogP contribution >= 0.6 is 12.4 Å². The molecule has 92 valence electrons. The zero-order chi connectivity index (χ0) is 10.8. The summed E-state index contributed by atoms with van der Waals surface area (Å²) in [7, 11) is 0. The number of nitrogens with one attached hydrogen (secondary N) is 2. The lowest BCUT2D eigenvalue weighted by Gasteiger charge is -2.11. The summed E-state index contributed by atoms with van der Waals surface area (Å²) in [6.45, 7) is 8.81. The minimum absolute atomic E-state index is 0. The van der Waals surface area contributed by atoms with E-state index in [4.69, 9.17) is 4.74 Å². The van der Waals surface area contributed by atoms with Crippen molar-refractivity contribution in [1.29, 1.82) is 0 Å². The molecular formula is C10H23ClN2O2. The second-order valence-corrected chi connectivity index (χ2v) is 3.14. The van der Waals surface area contributed by atoms with Crippen molar-refractivity contribution in [2.75, 3.05) is 26.2 Å². The monoisotopic (exact) mass is 238 g/mol. The minimum atomic E-state index is -0.342. The molecule has 0 aliphatic carbocycles. The van der Waals surface area contributed by atoms with Crippen LogP contribution in [0.15, 0.2) is 0 Å². The van der Waals surface area contributed by atoms with Crippen LogP contribution in [0.5, 0.6) is 0 Å². The normalized spacial score (nSPS) is 11.7. The fourth-order valence-electron chi connectivity index (χ4n) is 1.05. The Labute approximate surface area is 98.6 Å². The molecule has 1 atom stereocenters. The zero-order valence-electron chi connectivity index (χ0n) is 9.84. The van der Waals surface area contributed by atoms with E-state index >= 15 is 0 Å². The third-order valence-electron chi connectivity index (χ3n) is 1.81. The first-order chi connectivity index (χ1) is 6.72. The van der Waals surface area contributed by atoms with E-state index < -0.39 is 0 Å². The van der Waals surface area contributed by atoms with Gasteiger partial charge in [0.25, 0.3) is 0 Å². The van der Waals surface area contributed by atoms with Gasteiger partial charge >= 0.3 is 0 Å². The molecule has 0 fully saturated rings. The summed E-state index contributed by atoms with van der Waals surface area (Å²) in [5.74, 6) is -0.0369. The maximum absolute atomic E-state index is 11.3. The summed E-state index contributed by atoms with van der Waals surface area (Å²) in [6, 6.07) is 0. The molecule has 0 aromatic rings. The number of amides is 1. The maximum Gasteiger partial charge on any atom is 0.248 e. The van der Waals surface area contributed by atoms with Gasteiger partial charge in [0.1, 0.15) is 6.10 Å². The fourth-order valence-corrected chi connectivity index (χ4v) is 1.05. The molecule has 0 rings (SSSR count). The highest BCUT2D eigenvalue weighted by atomic mass is 35.5. The van der Waals surface area contributed by atoms with E-state index in [1.165, 1.54) is 0 Å². The summed E-state index contributed by atoms with van der Waals surface area (Å²) >= 11 is 0. The van der Waals surface area contributed by atoms with E-state index in [1.807, 2.05) is 6.92 Å². The highest BCUT2D eigenvalue weighted by molar-refractivity contribution is 5.85. The van der Waals surface area contributed by atoms with Crippen LogP contribution in [0.2, 0.25) is 0 Å². The first kappa shape index (κ1) is 17.1. The van der Waals surface area contributed by atoms with Crippen molar-refractivity contribution in [2.45, 2.75) is 33.3 Å². The number of carbonyl (C=O) groups excluding carboxylic acids is 1. The Morgan fingerprint density at radius 3 is 2.47 bits per heavy atom. The molecule has 4 nitrogen and oxygen atoms in total. The molecular weight excluding hydrogens is 216 g/mol. The van der Waals surface area contributed by atoms with E-state index in [0.29, 0.717) is 13.2 Å². The molecule has 1 unspecified atom stereocenters. The summed E-state index contributed by atoms with van der Waals surface area (Å²) in [5, 5.41) is 6.01. The second kappa shape index (κ2) is 11.8. The molecule has 0 aliphatic rings. The zero-order valence-corrected chi connectivity index (χ0v) is 10.7. The van der Waals surface area contributed by atoms with Crippen molar-refractivity contribution < 1.29 is 9.53 Å². The topological polar surface area (TPSA) is 50.4 Å². The smallest absolute Gasteiger partial charge is 0.248 e. The Morgan fingerprint density at radius 2 is 1.93 bits per heavy atom. The first-order valence-corrected chi connectivity index (χ1v) is 5.32. The van der Waals surface area contributed by atoms with Gasteiger partial charge in [-0.05, 0) is 26.8 Å². The lowest BCUT2D eigenvalue weighted by molar-refractivity contribution is -0.131. The van der Waals surface area contributed by atoms with E-state index in [1.54, 1.807) is 6.92 Å². The molecule has 2 N–H and O–H groups in total. The van der Waals surface area contributed by atoms with Crippen LogP contribution in [0, 0.1) is 0 Å². The van der Waals surface area contributed by atoms with E-state index in [9.17, 15) is 4.79 Å². The Balaban J connectivity index is 0. The Kier molecular flexibility index (Phi) is 13.4. The van der Waals surface area contributed by atoms with Gasteiger partial charge in [-0.25, -0.2) is 0 Å². The SMILES string of the molecule is CCCNCCNC(=O)C(C)OCC.Cl. The Hall–Kier alpha value is -0.320. The second-order valence-electron chi connectivity index (χ2n) is 3.14. The quantitative estimate of drug-likeness (QED) is 0.619. The van der Waals surface area contributed by atoms with Gasteiger partial charge in [0.05, 0.1) is 0 Å². The average Bonchev–Trinajstić information content (AvgIpc) is 2.17. The number of halogens is 1. The third-order valence-corrected chi connectivity index (χ3v) is 1.81. The van der Waals surface area contributed by atoms with Gasteiger partial charge in [-0.15, -0.1) is 12.4 Å². The van der Waals surface area contributed by atoms with Gasteiger partial charge in [-0.1, -0.05) is 6.92 Å². The molecule has 5 heteroatoms. The first-order valence-electron chi connectivity index (χ1n) is 5.32. The number of hydrogen-bond donors (Lipinski definition) is 2. The Morgan fingerprint density at radius 1 is 1.27 bits per heavy atom. The lowest BCUT2D eigenvalue weighted by Crippen LogP contribution is -2.38. The van der Waals surface area contributed by atoms with Crippen molar-refractivity contribution in [2.24, 2.45) is 0 Å². The molecule has 0 bridgehead atoms. The lowest BCUT2D eigenvalue weighted by atomic mass is 10.3. The van der Waals surface area contributed by atoms with Crippen molar-refractivity contribution in [3.05, 3.63) is 0 Å². The van der Waals surface area contributed by atoms with Gasteiger partial charge in [0.15, 0.2) is 0 Å². The maximum atomic E-state index is 11.3. The fraction of sp³-hybridized carbons (Fsp3) is 0.900.